The molecule has 7 nitrogen and oxygen atoms in total. The molecule has 1 aromatic carbocycles. The summed E-state index contributed by atoms with van der Waals surface area (Å²) in [6, 6.07) is 6.54. The Balaban J connectivity index is 1.41. The monoisotopic (exact) mass is 452 g/mol. The lowest BCUT2D eigenvalue weighted by Gasteiger charge is -2.48. The number of nitrogens with zero attached hydrogens (tertiary/aromatic N) is 3. The molecule has 1 fully saturated rings. The van der Waals surface area contributed by atoms with Gasteiger partial charge in [-0.25, -0.2) is 13.1 Å². The first-order valence-corrected chi connectivity index (χ1v) is 12.4. The number of fused-ring (bicyclic) bond motifs is 2. The normalized spacial score (nSPS) is 24.8. The van der Waals surface area contributed by atoms with E-state index in [0.29, 0.717) is 12.6 Å². The number of nitrogens with one attached hydrogen (secondary N) is 1. The Bertz CT molecular complexity index is 1010. The Labute approximate surface area is 183 Å². The molecule has 4 rings (SSSR count). The summed E-state index contributed by atoms with van der Waals surface area (Å²) >= 11 is 6.30. The van der Waals surface area contributed by atoms with Crippen molar-refractivity contribution >= 4 is 21.6 Å². The molecule has 164 valence electrons. The summed E-state index contributed by atoms with van der Waals surface area (Å²) in [5, 5.41) is 5.09. The molecule has 2 aliphatic heterocycles. The highest BCUT2D eigenvalue weighted by molar-refractivity contribution is 7.89. The van der Waals surface area contributed by atoms with Gasteiger partial charge in [0.2, 0.25) is 10.0 Å². The van der Waals surface area contributed by atoms with Gasteiger partial charge in [0.25, 0.3) is 0 Å². The highest BCUT2D eigenvalue weighted by Gasteiger charge is 2.43. The lowest BCUT2D eigenvalue weighted by Crippen LogP contribution is -2.50. The van der Waals surface area contributed by atoms with Crippen LogP contribution in [0.5, 0.6) is 0 Å². The fourth-order valence-electron chi connectivity index (χ4n) is 4.65. The molecule has 1 saturated heterocycles. The average Bonchev–Trinajstić information content (AvgIpc) is 3.17. The van der Waals surface area contributed by atoms with Gasteiger partial charge < -0.3 is 4.74 Å². The van der Waals surface area contributed by atoms with Crippen LogP contribution < -0.4 is 4.72 Å². The van der Waals surface area contributed by atoms with E-state index in [1.807, 2.05) is 18.5 Å². The summed E-state index contributed by atoms with van der Waals surface area (Å²) in [5.41, 5.74) is 3.45. The number of sulfonamides is 1. The van der Waals surface area contributed by atoms with Crippen LogP contribution in [-0.4, -0.2) is 55.1 Å². The van der Waals surface area contributed by atoms with Crippen LogP contribution in [0.15, 0.2) is 30.6 Å². The molecule has 0 saturated carbocycles. The molecule has 0 amide bonds. The third-order valence-electron chi connectivity index (χ3n) is 6.34. The van der Waals surface area contributed by atoms with Gasteiger partial charge in [-0.1, -0.05) is 17.7 Å². The Morgan fingerprint density at radius 1 is 1.40 bits per heavy atom. The van der Waals surface area contributed by atoms with Gasteiger partial charge in [-0.2, -0.15) is 5.10 Å². The number of aromatic nitrogens is 2. The first-order chi connectivity index (χ1) is 14.3. The summed E-state index contributed by atoms with van der Waals surface area (Å²) in [7, 11) is -1.81. The molecule has 2 atom stereocenters. The maximum Gasteiger partial charge on any atom is 0.213 e. The van der Waals surface area contributed by atoms with E-state index in [2.05, 4.69) is 33.8 Å². The lowest BCUT2D eigenvalue weighted by atomic mass is 9.77. The van der Waals surface area contributed by atoms with Crippen molar-refractivity contribution in [2.75, 3.05) is 26.0 Å². The Morgan fingerprint density at radius 3 is 3.00 bits per heavy atom. The van der Waals surface area contributed by atoms with E-state index in [9.17, 15) is 8.42 Å². The largest absolute Gasteiger partial charge is 0.370 e. The van der Waals surface area contributed by atoms with Gasteiger partial charge in [0.05, 0.1) is 30.7 Å². The number of hydrogen-bond acceptors (Lipinski definition) is 5. The quantitative estimate of drug-likeness (QED) is 0.728. The lowest BCUT2D eigenvalue weighted by molar-refractivity contribution is -0.113. The van der Waals surface area contributed by atoms with Gasteiger partial charge in [-0.15, -0.1) is 0 Å². The Kier molecular flexibility index (Phi) is 6.23. The summed E-state index contributed by atoms with van der Waals surface area (Å²) in [5.74, 6) is 0.0204. The third kappa shape index (κ3) is 4.57. The zero-order chi connectivity index (χ0) is 21.4. The van der Waals surface area contributed by atoms with E-state index >= 15 is 0 Å². The first kappa shape index (κ1) is 21.8. The van der Waals surface area contributed by atoms with Crippen molar-refractivity contribution in [3.8, 4) is 0 Å². The molecule has 30 heavy (non-hydrogen) atoms. The predicted octanol–water partition coefficient (Wildman–Crippen LogP) is 2.54. The van der Waals surface area contributed by atoms with E-state index in [-0.39, 0.29) is 11.4 Å². The maximum atomic E-state index is 11.6. The standard InChI is InChI=1S/C21H29ClN4O3S/c1-16-12-21(20-11-19(22)4-3-18(20)5-9-29-21)6-7-25(16)14-17-13-24-26(15-17)8-10-30(27,28)23-2/h3-4,11,13,15-16,23H,5-10,12,14H2,1-2H3/t16-,21+/m0/s1. The van der Waals surface area contributed by atoms with Crippen molar-refractivity contribution in [2.24, 2.45) is 0 Å². The zero-order valence-corrected chi connectivity index (χ0v) is 19.0. The predicted molar refractivity (Wildman–Crippen MR) is 117 cm³/mol. The fourth-order valence-corrected chi connectivity index (χ4v) is 5.45. The van der Waals surface area contributed by atoms with Crippen molar-refractivity contribution < 1.29 is 13.2 Å². The molecular formula is C21H29ClN4O3S. The summed E-state index contributed by atoms with van der Waals surface area (Å²) in [6.45, 7) is 5.05. The van der Waals surface area contributed by atoms with Crippen LogP contribution in [0.4, 0.5) is 0 Å². The second-order valence-electron chi connectivity index (χ2n) is 8.30. The molecule has 2 aliphatic rings. The SMILES string of the molecule is CNS(=O)(=O)CCn1cc(CN2CC[C@]3(C[C@@H]2C)OCCc2ccc(Cl)cc23)cn1. The number of ether oxygens (including phenoxy) is 1. The van der Waals surface area contributed by atoms with Crippen molar-refractivity contribution in [3.05, 3.63) is 52.3 Å². The van der Waals surface area contributed by atoms with Gasteiger partial charge in [-0.3, -0.25) is 9.58 Å². The van der Waals surface area contributed by atoms with Gasteiger partial charge in [0.1, 0.15) is 0 Å². The third-order valence-corrected chi connectivity index (χ3v) is 7.91. The maximum absolute atomic E-state index is 11.6. The second kappa shape index (κ2) is 8.59. The van der Waals surface area contributed by atoms with Crippen molar-refractivity contribution in [3.63, 3.8) is 0 Å². The highest BCUT2D eigenvalue weighted by Crippen LogP contribution is 2.44. The minimum Gasteiger partial charge on any atom is -0.370 e. The number of halogens is 1. The van der Waals surface area contributed by atoms with Crippen molar-refractivity contribution in [2.45, 2.75) is 50.9 Å². The summed E-state index contributed by atoms with van der Waals surface area (Å²) in [6.07, 6.45) is 6.56. The molecular weight excluding hydrogens is 424 g/mol. The van der Waals surface area contributed by atoms with Crippen LogP contribution in [0.2, 0.25) is 5.02 Å². The van der Waals surface area contributed by atoms with Crippen LogP contribution in [0.1, 0.15) is 36.5 Å². The molecule has 9 heteroatoms. The molecule has 3 heterocycles. The average molecular weight is 453 g/mol. The number of piperidine rings is 1. The Morgan fingerprint density at radius 2 is 2.23 bits per heavy atom. The number of likely N-dealkylation sites (tertiary alicyclic amines) is 1. The van der Waals surface area contributed by atoms with Crippen LogP contribution >= 0.6 is 11.6 Å². The molecule has 2 aromatic rings. The van der Waals surface area contributed by atoms with Crippen LogP contribution in [-0.2, 0) is 39.9 Å². The molecule has 1 aromatic heterocycles. The number of aryl methyl sites for hydroxylation is 1. The topological polar surface area (TPSA) is 76.5 Å². The number of rotatable bonds is 6. The first-order valence-electron chi connectivity index (χ1n) is 10.4. The second-order valence-corrected chi connectivity index (χ2v) is 10.8. The van der Waals surface area contributed by atoms with E-state index in [0.717, 1.165) is 49.5 Å². The number of benzene rings is 1. The summed E-state index contributed by atoms with van der Waals surface area (Å²) < 4.78 is 33.6. The highest BCUT2D eigenvalue weighted by atomic mass is 35.5. The smallest absolute Gasteiger partial charge is 0.213 e. The number of hydrogen-bond donors (Lipinski definition) is 1. The fraction of sp³-hybridized carbons (Fsp3) is 0.571. The van der Waals surface area contributed by atoms with Crippen molar-refractivity contribution in [1.82, 2.24) is 19.4 Å². The van der Waals surface area contributed by atoms with Gasteiger partial charge >= 0.3 is 0 Å². The van der Waals surface area contributed by atoms with Crippen LogP contribution in [0.25, 0.3) is 0 Å². The van der Waals surface area contributed by atoms with E-state index in [4.69, 9.17) is 16.3 Å². The molecule has 0 aliphatic carbocycles. The van der Waals surface area contributed by atoms with E-state index in [1.165, 1.54) is 18.2 Å². The van der Waals surface area contributed by atoms with Crippen molar-refractivity contribution in [1.29, 1.82) is 0 Å². The van der Waals surface area contributed by atoms with Gasteiger partial charge in [0, 0.05) is 35.9 Å². The van der Waals surface area contributed by atoms with Gasteiger partial charge in [0.15, 0.2) is 0 Å². The molecule has 0 radical (unpaired) electrons. The van der Waals surface area contributed by atoms with Crippen LogP contribution in [0.3, 0.4) is 0 Å². The molecule has 1 N–H and O–H groups in total. The zero-order valence-electron chi connectivity index (χ0n) is 17.5. The minimum absolute atomic E-state index is 0.0204. The summed E-state index contributed by atoms with van der Waals surface area (Å²) in [4.78, 5) is 2.44. The Hall–Kier alpha value is -1.45. The van der Waals surface area contributed by atoms with Crippen LogP contribution in [0, 0.1) is 0 Å². The molecule has 0 unspecified atom stereocenters. The van der Waals surface area contributed by atoms with E-state index in [1.54, 1.807) is 4.68 Å². The van der Waals surface area contributed by atoms with E-state index < -0.39 is 10.0 Å². The molecule has 0 bridgehead atoms. The minimum atomic E-state index is -3.23. The van der Waals surface area contributed by atoms with Gasteiger partial charge in [-0.05, 0) is 56.5 Å². The molecule has 1 spiro atoms.